The number of benzene rings is 7. The zero-order valence-electron chi connectivity index (χ0n) is 28.6. The Kier molecular flexibility index (Phi) is 7.60. The largest absolute Gasteiger partial charge is 0.208 e. The number of hydrogen-bond donors (Lipinski definition) is 0. The summed E-state index contributed by atoms with van der Waals surface area (Å²) in [6.45, 7) is 4.33. The van der Waals surface area contributed by atoms with Gasteiger partial charge in [0.05, 0.1) is 0 Å². The summed E-state index contributed by atoms with van der Waals surface area (Å²) in [5.74, 6) is 1.97. The summed E-state index contributed by atoms with van der Waals surface area (Å²) < 4.78 is 0. The van der Waals surface area contributed by atoms with E-state index >= 15 is 0 Å². The molecule has 0 N–H and O–H groups in total. The van der Waals surface area contributed by atoms with Crippen LogP contribution in [0.25, 0.3) is 56.4 Å². The number of rotatable bonds is 6. The van der Waals surface area contributed by atoms with Crippen LogP contribution in [-0.2, 0) is 0 Å². The van der Waals surface area contributed by atoms with Crippen molar-refractivity contribution in [1.82, 2.24) is 15.0 Å². The molecular formula is C47H35N3Si. The zero-order valence-corrected chi connectivity index (χ0v) is 29.6. The molecule has 2 heterocycles. The van der Waals surface area contributed by atoms with Crippen molar-refractivity contribution in [1.29, 1.82) is 0 Å². The summed E-state index contributed by atoms with van der Waals surface area (Å²) in [5, 5.41) is 5.53. The maximum atomic E-state index is 5.27. The van der Waals surface area contributed by atoms with E-state index < -0.39 is 8.07 Å². The van der Waals surface area contributed by atoms with Crippen molar-refractivity contribution in [2.24, 2.45) is 0 Å². The Morgan fingerprint density at radius 1 is 0.333 bits per heavy atom. The van der Waals surface area contributed by atoms with Crippen LogP contribution < -0.4 is 20.7 Å². The van der Waals surface area contributed by atoms with Gasteiger partial charge < -0.3 is 0 Å². The van der Waals surface area contributed by atoms with Gasteiger partial charge in [0.25, 0.3) is 0 Å². The molecule has 0 saturated heterocycles. The van der Waals surface area contributed by atoms with Gasteiger partial charge in [-0.3, -0.25) is 0 Å². The van der Waals surface area contributed by atoms with Gasteiger partial charge in [-0.2, -0.15) is 0 Å². The third kappa shape index (κ3) is 5.23. The molecule has 0 saturated carbocycles. The molecule has 0 radical (unpaired) electrons. The van der Waals surface area contributed by atoms with Gasteiger partial charge in [0.1, 0.15) is 0 Å². The van der Waals surface area contributed by atoms with Crippen molar-refractivity contribution in [3.63, 3.8) is 0 Å². The lowest BCUT2D eigenvalue weighted by atomic mass is 9.99. The Hall–Kier alpha value is -6.23. The van der Waals surface area contributed by atoms with E-state index in [1.807, 2.05) is 24.3 Å². The lowest BCUT2D eigenvalue weighted by Crippen LogP contribution is -2.72. The van der Waals surface area contributed by atoms with Crippen LogP contribution in [0.3, 0.4) is 0 Å². The molecule has 0 unspecified atom stereocenters. The van der Waals surface area contributed by atoms with Crippen LogP contribution in [0.4, 0.5) is 0 Å². The number of hydrogen-bond acceptors (Lipinski definition) is 3. The molecule has 0 atom stereocenters. The Morgan fingerprint density at radius 3 is 1.43 bits per heavy atom. The summed E-state index contributed by atoms with van der Waals surface area (Å²) in [4.78, 5) is 15.6. The minimum Gasteiger partial charge on any atom is -0.208 e. The number of nitrogens with zero attached hydrogens (tertiary/aromatic N) is 3. The van der Waals surface area contributed by atoms with Gasteiger partial charge in [0.15, 0.2) is 25.5 Å². The maximum Gasteiger partial charge on any atom is 0.180 e. The van der Waals surface area contributed by atoms with Gasteiger partial charge in [-0.15, -0.1) is 0 Å². The molecule has 1 aliphatic rings. The molecule has 0 spiro atoms. The van der Waals surface area contributed by atoms with Crippen LogP contribution in [0.2, 0.25) is 0 Å². The van der Waals surface area contributed by atoms with E-state index in [1.54, 1.807) is 0 Å². The highest BCUT2D eigenvalue weighted by Gasteiger charge is 2.48. The molecule has 9 rings (SSSR count). The van der Waals surface area contributed by atoms with Gasteiger partial charge >= 0.3 is 0 Å². The second-order valence-corrected chi connectivity index (χ2v) is 17.1. The predicted molar refractivity (Wildman–Crippen MR) is 214 cm³/mol. The summed E-state index contributed by atoms with van der Waals surface area (Å²) in [5.41, 5.74) is 10.2. The summed E-state index contributed by atoms with van der Waals surface area (Å²) in [6, 6.07) is 63.4. The average Bonchev–Trinajstić information content (AvgIpc) is 3.49. The van der Waals surface area contributed by atoms with E-state index in [2.05, 4.69) is 166 Å². The molecule has 4 heteroatoms. The fraction of sp³-hybridized carbons (Fsp3) is 0.0426. The van der Waals surface area contributed by atoms with Crippen molar-refractivity contribution >= 4 is 28.8 Å². The quantitative estimate of drug-likeness (QED) is 0.167. The first-order valence-corrected chi connectivity index (χ1v) is 19.4. The highest BCUT2D eigenvalue weighted by Crippen LogP contribution is 2.34. The summed E-state index contributed by atoms with van der Waals surface area (Å²) in [6.07, 6.45) is 0. The monoisotopic (exact) mass is 669 g/mol. The second kappa shape index (κ2) is 12.6. The molecule has 7 aromatic carbocycles. The van der Waals surface area contributed by atoms with E-state index in [0.717, 1.165) is 27.8 Å². The van der Waals surface area contributed by atoms with Gasteiger partial charge in [-0.05, 0) is 56.8 Å². The van der Waals surface area contributed by atoms with Crippen LogP contribution in [0, 0.1) is 13.8 Å². The van der Waals surface area contributed by atoms with E-state index in [9.17, 15) is 0 Å². The first kappa shape index (κ1) is 30.8. The molecule has 0 fully saturated rings. The molecule has 0 bridgehead atoms. The van der Waals surface area contributed by atoms with Crippen molar-refractivity contribution in [2.75, 3.05) is 0 Å². The SMILES string of the molecule is Cc1ccc([Si]2(c3ccc(C)cc3)c3ccccc3-c3ccc(-c4nc(-c5ccccc5)nc(-c5ccccc5-c5ccccc5)n4)cc32)cc1. The Labute approximate surface area is 300 Å². The predicted octanol–water partition coefficient (Wildman–Crippen LogP) is 8.51. The third-order valence-electron chi connectivity index (χ3n) is 10.2. The molecule has 0 amide bonds. The second-order valence-electron chi connectivity index (χ2n) is 13.4. The minimum absolute atomic E-state index is 0.655. The molecule has 3 nitrogen and oxygen atoms in total. The number of fused-ring (bicyclic) bond motifs is 3. The van der Waals surface area contributed by atoms with Crippen LogP contribution in [0.1, 0.15) is 11.1 Å². The van der Waals surface area contributed by atoms with Crippen LogP contribution >= 0.6 is 0 Å². The normalized spacial score (nSPS) is 12.7. The molecule has 8 aromatic rings. The Morgan fingerprint density at radius 2 is 0.804 bits per heavy atom. The summed E-state index contributed by atoms with van der Waals surface area (Å²) >= 11 is 0. The van der Waals surface area contributed by atoms with Crippen molar-refractivity contribution in [3.8, 4) is 56.4 Å². The molecule has 51 heavy (non-hydrogen) atoms. The fourth-order valence-corrected chi connectivity index (χ4v) is 12.9. The summed E-state index contributed by atoms with van der Waals surface area (Å²) in [7, 11) is -2.72. The third-order valence-corrected chi connectivity index (χ3v) is 15.1. The zero-order chi connectivity index (χ0) is 34.4. The molecule has 1 aromatic heterocycles. The standard InChI is InChI=1S/C47H35N3Si/c1-32-21-26-37(27-22-32)51(38-28-23-33(2)24-29-38)43-20-12-11-18-40(43)41-30-25-36(31-44(41)51)46-48-45(35-15-7-4-8-16-35)49-47(50-46)42-19-10-9-17-39(42)34-13-5-3-6-14-34/h3-31H,1-2H3. The van der Waals surface area contributed by atoms with Gasteiger partial charge in [0, 0.05) is 16.7 Å². The smallest absolute Gasteiger partial charge is 0.180 e. The van der Waals surface area contributed by atoms with E-state index in [0.29, 0.717) is 17.5 Å². The van der Waals surface area contributed by atoms with Gasteiger partial charge in [-0.25, -0.2) is 15.0 Å². The van der Waals surface area contributed by atoms with E-state index in [4.69, 9.17) is 15.0 Å². The van der Waals surface area contributed by atoms with Crippen molar-refractivity contribution < 1.29 is 0 Å². The Balaban J connectivity index is 1.31. The van der Waals surface area contributed by atoms with Crippen LogP contribution in [0.15, 0.2) is 176 Å². The fourth-order valence-electron chi connectivity index (χ4n) is 7.70. The van der Waals surface area contributed by atoms with Crippen LogP contribution in [0.5, 0.6) is 0 Å². The lowest BCUT2D eigenvalue weighted by molar-refractivity contribution is 1.07. The Bertz CT molecular complexity index is 2480. The number of aromatic nitrogens is 3. The molecule has 242 valence electrons. The highest BCUT2D eigenvalue weighted by molar-refractivity contribution is 7.22. The first-order chi connectivity index (χ1) is 25.1. The van der Waals surface area contributed by atoms with Gasteiger partial charge in [0.2, 0.25) is 0 Å². The minimum atomic E-state index is -2.72. The topological polar surface area (TPSA) is 38.7 Å². The van der Waals surface area contributed by atoms with E-state index in [-0.39, 0.29) is 0 Å². The van der Waals surface area contributed by atoms with Crippen molar-refractivity contribution in [2.45, 2.75) is 13.8 Å². The van der Waals surface area contributed by atoms with Gasteiger partial charge in [-0.1, -0.05) is 187 Å². The lowest BCUT2D eigenvalue weighted by Gasteiger charge is -2.31. The van der Waals surface area contributed by atoms with Crippen molar-refractivity contribution in [3.05, 3.63) is 187 Å². The highest BCUT2D eigenvalue weighted by atomic mass is 28.3. The van der Waals surface area contributed by atoms with E-state index in [1.165, 1.54) is 43.0 Å². The molecular weight excluding hydrogens is 635 g/mol. The number of aryl methyl sites for hydroxylation is 2. The maximum absolute atomic E-state index is 5.27. The first-order valence-electron chi connectivity index (χ1n) is 17.4. The average molecular weight is 670 g/mol. The molecule has 1 aliphatic heterocycles. The molecule has 0 aliphatic carbocycles. The van der Waals surface area contributed by atoms with Crippen LogP contribution in [-0.4, -0.2) is 23.0 Å².